The molecule has 0 bridgehead atoms. The van der Waals surface area contributed by atoms with E-state index in [1.807, 2.05) is 0 Å². The second-order valence-corrected chi connectivity index (χ2v) is 5.03. The Morgan fingerprint density at radius 2 is 1.68 bits per heavy atom. The minimum absolute atomic E-state index is 0.0258. The van der Waals surface area contributed by atoms with Crippen LogP contribution in [0.5, 0.6) is 5.75 Å². The molecule has 0 aliphatic heterocycles. The first-order valence-corrected chi connectivity index (χ1v) is 6.00. The number of hydrogen-bond donors (Lipinski definition) is 1. The second-order valence-electron chi connectivity index (χ2n) is 5.03. The van der Waals surface area contributed by atoms with Crippen LogP contribution in [0.15, 0.2) is 6.07 Å². The maximum absolute atomic E-state index is 12.3. The summed E-state index contributed by atoms with van der Waals surface area (Å²) in [5, 5.41) is 32.6. The fourth-order valence-electron chi connectivity index (χ4n) is 2.08. The van der Waals surface area contributed by atoms with E-state index >= 15 is 0 Å². The standard InChI is InChI=1S/C14H18O5/c1-6(2)8-5-9(13(16)17)11(14(18)19)10(7(3)4)12(8)15/h5-7,15H,1-4H3,(H,16,17)(H,18,19)/p-2. The van der Waals surface area contributed by atoms with E-state index in [2.05, 4.69) is 0 Å². The normalized spacial score (nSPS) is 11.1. The number of carboxylic acids is 2. The van der Waals surface area contributed by atoms with Crippen molar-refractivity contribution in [1.29, 1.82) is 0 Å². The van der Waals surface area contributed by atoms with Gasteiger partial charge in [0.2, 0.25) is 0 Å². The highest BCUT2D eigenvalue weighted by Crippen LogP contribution is 2.36. The van der Waals surface area contributed by atoms with Crippen molar-refractivity contribution in [2.75, 3.05) is 0 Å². The summed E-state index contributed by atoms with van der Waals surface area (Å²) in [6, 6.07) is 1.12. The number of carbonyl (C=O) groups is 2. The molecule has 5 nitrogen and oxygen atoms in total. The van der Waals surface area contributed by atoms with Crippen molar-refractivity contribution in [2.24, 2.45) is 0 Å². The van der Waals surface area contributed by atoms with Gasteiger partial charge in [0.05, 0.1) is 11.5 Å². The highest BCUT2D eigenvalue weighted by atomic mass is 16.4. The zero-order valence-corrected chi connectivity index (χ0v) is 11.3. The van der Waals surface area contributed by atoms with Crippen molar-refractivity contribution in [1.82, 2.24) is 0 Å². The lowest BCUT2D eigenvalue weighted by Gasteiger charge is -2.27. The van der Waals surface area contributed by atoms with E-state index in [1.54, 1.807) is 27.7 Å². The van der Waals surface area contributed by atoms with Gasteiger partial charge in [-0.3, -0.25) is 0 Å². The lowest BCUT2D eigenvalue weighted by atomic mass is 9.86. The Bertz CT molecular complexity index is 529. The minimum atomic E-state index is -1.58. The molecule has 5 heteroatoms. The molecule has 1 aromatic carbocycles. The van der Waals surface area contributed by atoms with Crippen LogP contribution in [0.3, 0.4) is 0 Å². The van der Waals surface area contributed by atoms with Crippen LogP contribution in [0.2, 0.25) is 0 Å². The molecule has 0 fully saturated rings. The van der Waals surface area contributed by atoms with Crippen molar-refractivity contribution >= 4 is 11.9 Å². The van der Waals surface area contributed by atoms with Crippen LogP contribution >= 0.6 is 0 Å². The van der Waals surface area contributed by atoms with Crippen molar-refractivity contribution in [2.45, 2.75) is 39.5 Å². The fourth-order valence-corrected chi connectivity index (χ4v) is 2.08. The van der Waals surface area contributed by atoms with Crippen LogP contribution in [0, 0.1) is 0 Å². The van der Waals surface area contributed by atoms with E-state index in [9.17, 15) is 19.8 Å². The lowest BCUT2D eigenvalue weighted by molar-refractivity contribution is -0.271. The maximum atomic E-state index is 12.3. The first kappa shape index (κ1) is 15.0. The fraction of sp³-hybridized carbons (Fsp3) is 0.429. The molecule has 0 spiro atoms. The van der Waals surface area contributed by atoms with Gasteiger partial charge in [-0.25, -0.2) is 4.79 Å². The first-order valence-electron chi connectivity index (χ1n) is 6.00. The lowest BCUT2D eigenvalue weighted by Crippen LogP contribution is -2.27. The van der Waals surface area contributed by atoms with Crippen LogP contribution in [-0.4, -0.2) is 17.0 Å². The molecular weight excluding hydrogens is 248 g/mol. The minimum Gasteiger partial charge on any atom is -0.872 e. The van der Waals surface area contributed by atoms with Crippen LogP contribution in [0.4, 0.5) is 0 Å². The second kappa shape index (κ2) is 5.30. The third-order valence-corrected chi connectivity index (χ3v) is 2.98. The molecule has 0 unspecified atom stereocenters. The van der Waals surface area contributed by atoms with Gasteiger partial charge >= 0.3 is 5.97 Å². The van der Waals surface area contributed by atoms with Gasteiger partial charge in [-0.1, -0.05) is 33.3 Å². The molecular formula is C14H16O5-2. The highest BCUT2D eigenvalue weighted by Gasteiger charge is 2.22. The molecule has 104 valence electrons. The van der Waals surface area contributed by atoms with Crippen LogP contribution in [0.1, 0.15) is 71.4 Å². The van der Waals surface area contributed by atoms with Gasteiger partial charge in [-0.15, -0.1) is 5.75 Å². The SMILES string of the molecule is CC(C)c1cc(C(=O)[O-])c(C(=O)O)c(C(C)C)c1[O-]. The number of carbonyl (C=O) groups excluding carboxylic acids is 1. The summed E-state index contributed by atoms with van der Waals surface area (Å²) in [4.78, 5) is 22.4. The number of aromatic carboxylic acids is 2. The number of rotatable bonds is 4. The molecule has 19 heavy (non-hydrogen) atoms. The third-order valence-electron chi connectivity index (χ3n) is 2.98. The van der Waals surface area contributed by atoms with Gasteiger partial charge in [0.15, 0.2) is 0 Å². The molecule has 0 saturated carbocycles. The molecule has 0 atom stereocenters. The Labute approximate surface area is 111 Å². The van der Waals surface area contributed by atoms with Crippen molar-refractivity contribution < 1.29 is 24.9 Å². The summed E-state index contributed by atoms with van der Waals surface area (Å²) < 4.78 is 0. The van der Waals surface area contributed by atoms with E-state index < -0.39 is 28.8 Å². The van der Waals surface area contributed by atoms with E-state index in [4.69, 9.17) is 5.11 Å². The molecule has 0 aliphatic carbocycles. The van der Waals surface area contributed by atoms with Crippen LogP contribution < -0.4 is 10.2 Å². The van der Waals surface area contributed by atoms with Crippen LogP contribution in [0.25, 0.3) is 0 Å². The summed E-state index contributed by atoms with van der Waals surface area (Å²) in [7, 11) is 0. The molecule has 1 N–H and O–H groups in total. The molecule has 0 aromatic heterocycles. The molecule has 0 radical (unpaired) electrons. The van der Waals surface area contributed by atoms with Gasteiger partial charge in [0.25, 0.3) is 0 Å². The average Bonchev–Trinajstić information content (AvgIpc) is 2.26. The summed E-state index contributed by atoms with van der Waals surface area (Å²) >= 11 is 0. The van der Waals surface area contributed by atoms with Crippen LogP contribution in [-0.2, 0) is 0 Å². The third kappa shape index (κ3) is 2.70. The monoisotopic (exact) mass is 264 g/mol. The molecule has 1 aromatic rings. The number of benzene rings is 1. The Morgan fingerprint density at radius 1 is 1.16 bits per heavy atom. The molecule has 0 saturated heterocycles. The predicted molar refractivity (Wildman–Crippen MR) is 65.4 cm³/mol. The van der Waals surface area contributed by atoms with Gasteiger partial charge in [0.1, 0.15) is 0 Å². The summed E-state index contributed by atoms with van der Waals surface area (Å²) in [6.07, 6.45) is 0. The van der Waals surface area contributed by atoms with E-state index in [0.29, 0.717) is 5.56 Å². The Morgan fingerprint density at radius 3 is 2.00 bits per heavy atom. The zero-order valence-electron chi connectivity index (χ0n) is 11.3. The smallest absolute Gasteiger partial charge is 0.336 e. The van der Waals surface area contributed by atoms with Gasteiger partial charge < -0.3 is 20.1 Å². The highest BCUT2D eigenvalue weighted by molar-refractivity contribution is 6.03. The van der Waals surface area contributed by atoms with Gasteiger partial charge in [-0.05, 0) is 23.5 Å². The Balaban J connectivity index is 3.83. The summed E-state index contributed by atoms with van der Waals surface area (Å²) in [5.41, 5.74) is -0.560. The Hall–Kier alpha value is -2.04. The van der Waals surface area contributed by atoms with Gasteiger partial charge in [0, 0.05) is 5.56 Å². The quantitative estimate of drug-likeness (QED) is 0.876. The van der Waals surface area contributed by atoms with Crippen molar-refractivity contribution in [3.05, 3.63) is 28.3 Å². The number of hydrogen-bond acceptors (Lipinski definition) is 4. The Kier molecular flexibility index (Phi) is 4.19. The largest absolute Gasteiger partial charge is 0.872 e. The van der Waals surface area contributed by atoms with E-state index in [-0.39, 0.29) is 17.4 Å². The topological polar surface area (TPSA) is 100 Å². The summed E-state index contributed by atoms with van der Waals surface area (Å²) in [5.74, 6) is -3.97. The molecule has 1 rings (SSSR count). The first-order chi connectivity index (χ1) is 8.68. The average molecular weight is 264 g/mol. The zero-order chi connectivity index (χ0) is 14.9. The molecule has 0 heterocycles. The predicted octanol–water partition coefficient (Wildman–Crippen LogP) is 1.07. The molecule has 0 aliphatic rings. The van der Waals surface area contributed by atoms with E-state index in [1.165, 1.54) is 0 Å². The van der Waals surface area contributed by atoms with E-state index in [0.717, 1.165) is 6.07 Å². The van der Waals surface area contributed by atoms with Gasteiger partial charge in [-0.2, -0.15) is 0 Å². The number of carboxylic acid groups (broad SMARTS) is 2. The maximum Gasteiger partial charge on any atom is 0.336 e. The van der Waals surface area contributed by atoms with Crippen molar-refractivity contribution in [3.63, 3.8) is 0 Å². The van der Waals surface area contributed by atoms with Crippen molar-refractivity contribution in [3.8, 4) is 5.75 Å². The summed E-state index contributed by atoms with van der Waals surface area (Å²) in [6.45, 7) is 6.82. The molecule has 0 amide bonds.